The predicted molar refractivity (Wildman–Crippen MR) is 123 cm³/mol. The minimum Gasteiger partial charge on any atom is -0.494 e. The number of aromatic nitrogens is 4. The van der Waals surface area contributed by atoms with Crippen LogP contribution in [0.3, 0.4) is 0 Å². The first-order valence-electron chi connectivity index (χ1n) is 9.80. The lowest BCUT2D eigenvalue weighted by molar-refractivity contribution is 0.0979. The number of anilines is 1. The van der Waals surface area contributed by atoms with Crippen LogP contribution in [-0.4, -0.2) is 32.8 Å². The summed E-state index contributed by atoms with van der Waals surface area (Å²) in [6, 6.07) is 11.1. The van der Waals surface area contributed by atoms with E-state index >= 15 is 0 Å². The van der Waals surface area contributed by atoms with Crippen LogP contribution in [0.4, 0.5) is 5.13 Å². The fraction of sp³-hybridized carbons (Fsp3) is 0.273. The van der Waals surface area contributed by atoms with Gasteiger partial charge < -0.3 is 4.74 Å². The van der Waals surface area contributed by atoms with E-state index in [0.29, 0.717) is 27.1 Å². The fourth-order valence-corrected chi connectivity index (χ4v) is 4.61. The minimum atomic E-state index is -0.248. The number of hydrogen-bond donors (Lipinski definition) is 0. The number of nitrogens with zero attached hydrogens (tertiary/aromatic N) is 5. The van der Waals surface area contributed by atoms with Crippen LogP contribution in [0.2, 0.25) is 5.02 Å². The van der Waals surface area contributed by atoms with Crippen molar-refractivity contribution in [3.63, 3.8) is 0 Å². The van der Waals surface area contributed by atoms with Crippen molar-refractivity contribution in [1.82, 2.24) is 19.7 Å². The van der Waals surface area contributed by atoms with Crippen LogP contribution in [0, 0.1) is 6.92 Å². The number of methoxy groups -OCH3 is 1. The van der Waals surface area contributed by atoms with Gasteiger partial charge in [0.05, 0.1) is 29.1 Å². The Labute approximate surface area is 189 Å². The number of benzene rings is 1. The quantitative estimate of drug-likeness (QED) is 0.395. The SMILES string of the molecule is COc1ccc(Cl)c2sc(N(Cc3ccccn3)C(=O)c3cc(C)n(C(C)C)n3)nc12. The molecule has 0 unspecified atom stereocenters. The van der Waals surface area contributed by atoms with Crippen molar-refractivity contribution in [2.75, 3.05) is 12.0 Å². The Hall–Kier alpha value is -2.97. The number of hydrogen-bond acceptors (Lipinski definition) is 6. The Balaban J connectivity index is 1.81. The molecule has 0 N–H and O–H groups in total. The molecule has 0 bridgehead atoms. The molecule has 0 fully saturated rings. The predicted octanol–water partition coefficient (Wildman–Crippen LogP) is 5.29. The number of carbonyl (C=O) groups is 1. The molecule has 9 heteroatoms. The molecule has 0 saturated heterocycles. The Morgan fingerprint density at radius 2 is 2.10 bits per heavy atom. The standard InChI is InChI=1S/C22H22ClN5O2S/c1-13(2)28-14(3)11-17(26-28)21(29)27(12-15-7-5-6-10-24-15)22-25-19-18(30-4)9-8-16(23)20(19)31-22/h5-11,13H,12H2,1-4H3. The molecule has 4 rings (SSSR count). The number of rotatable bonds is 6. The van der Waals surface area contributed by atoms with Crippen LogP contribution in [0.25, 0.3) is 10.2 Å². The van der Waals surface area contributed by atoms with Crippen LogP contribution in [-0.2, 0) is 6.54 Å². The second-order valence-corrected chi connectivity index (χ2v) is 8.73. The summed E-state index contributed by atoms with van der Waals surface area (Å²) in [7, 11) is 1.58. The Morgan fingerprint density at radius 1 is 1.29 bits per heavy atom. The van der Waals surface area contributed by atoms with Crippen LogP contribution >= 0.6 is 22.9 Å². The summed E-state index contributed by atoms with van der Waals surface area (Å²) in [5.41, 5.74) is 2.65. The third-order valence-corrected chi connectivity index (χ3v) is 6.36. The van der Waals surface area contributed by atoms with Gasteiger partial charge in [-0.05, 0) is 51.1 Å². The molecule has 0 aliphatic rings. The maximum atomic E-state index is 13.6. The zero-order valence-corrected chi connectivity index (χ0v) is 19.2. The zero-order valence-electron chi connectivity index (χ0n) is 17.7. The van der Waals surface area contributed by atoms with Gasteiger partial charge in [-0.1, -0.05) is 29.0 Å². The smallest absolute Gasteiger partial charge is 0.280 e. The average Bonchev–Trinajstić information content (AvgIpc) is 3.37. The van der Waals surface area contributed by atoms with Crippen LogP contribution < -0.4 is 9.64 Å². The van der Waals surface area contributed by atoms with E-state index in [0.717, 1.165) is 16.1 Å². The van der Waals surface area contributed by atoms with Crippen molar-refractivity contribution >= 4 is 44.2 Å². The summed E-state index contributed by atoms with van der Waals surface area (Å²) in [6.07, 6.45) is 1.70. The lowest BCUT2D eigenvalue weighted by Gasteiger charge is -2.18. The Kier molecular flexibility index (Phi) is 5.93. The van der Waals surface area contributed by atoms with Crippen molar-refractivity contribution in [1.29, 1.82) is 0 Å². The fourth-order valence-electron chi connectivity index (χ4n) is 3.35. The molecule has 0 aliphatic heterocycles. The van der Waals surface area contributed by atoms with E-state index in [1.807, 2.05) is 43.7 Å². The van der Waals surface area contributed by atoms with Crippen molar-refractivity contribution in [2.24, 2.45) is 0 Å². The van der Waals surface area contributed by atoms with Gasteiger partial charge in [-0.25, -0.2) is 4.98 Å². The highest BCUT2D eigenvalue weighted by molar-refractivity contribution is 7.23. The van der Waals surface area contributed by atoms with Gasteiger partial charge in [0.25, 0.3) is 5.91 Å². The highest BCUT2D eigenvalue weighted by Crippen LogP contribution is 2.39. The van der Waals surface area contributed by atoms with Gasteiger partial charge in [0.1, 0.15) is 11.3 Å². The molecule has 0 saturated carbocycles. The van der Waals surface area contributed by atoms with Crippen LogP contribution in [0.1, 0.15) is 41.8 Å². The molecule has 1 amide bonds. The maximum absolute atomic E-state index is 13.6. The van der Waals surface area contributed by atoms with Crippen molar-refractivity contribution < 1.29 is 9.53 Å². The van der Waals surface area contributed by atoms with E-state index in [-0.39, 0.29) is 18.5 Å². The molecule has 7 nitrogen and oxygen atoms in total. The zero-order chi connectivity index (χ0) is 22.1. The van der Waals surface area contributed by atoms with E-state index in [1.165, 1.54) is 11.3 Å². The number of carbonyl (C=O) groups excluding carboxylic acids is 1. The first kappa shape index (κ1) is 21.3. The lowest BCUT2D eigenvalue weighted by Crippen LogP contribution is -2.31. The summed E-state index contributed by atoms with van der Waals surface area (Å²) in [5.74, 6) is 0.356. The molecule has 3 heterocycles. The number of aryl methyl sites for hydroxylation is 1. The van der Waals surface area contributed by atoms with Gasteiger partial charge in [0.2, 0.25) is 0 Å². The van der Waals surface area contributed by atoms with E-state index < -0.39 is 0 Å². The number of amides is 1. The Bertz CT molecular complexity index is 1240. The molecule has 0 aliphatic carbocycles. The molecule has 0 atom stereocenters. The molecular weight excluding hydrogens is 434 g/mol. The third kappa shape index (κ3) is 4.13. The summed E-state index contributed by atoms with van der Waals surface area (Å²) in [5, 5.41) is 5.60. The molecule has 0 radical (unpaired) electrons. The Morgan fingerprint density at radius 3 is 2.74 bits per heavy atom. The van der Waals surface area contributed by atoms with E-state index in [9.17, 15) is 4.79 Å². The van der Waals surface area contributed by atoms with Gasteiger partial charge in [0, 0.05) is 17.9 Å². The number of thiazole rings is 1. The summed E-state index contributed by atoms with van der Waals surface area (Å²) < 4.78 is 8.04. The highest BCUT2D eigenvalue weighted by Gasteiger charge is 2.26. The first-order chi connectivity index (χ1) is 14.9. The first-order valence-corrected chi connectivity index (χ1v) is 11.0. The monoisotopic (exact) mass is 455 g/mol. The second kappa shape index (κ2) is 8.64. The van der Waals surface area contributed by atoms with E-state index in [1.54, 1.807) is 36.4 Å². The molecule has 31 heavy (non-hydrogen) atoms. The van der Waals surface area contributed by atoms with Crippen LogP contribution in [0.5, 0.6) is 5.75 Å². The number of fused-ring (bicyclic) bond motifs is 1. The summed E-state index contributed by atoms with van der Waals surface area (Å²) in [6.45, 7) is 6.26. The maximum Gasteiger partial charge on any atom is 0.280 e. The molecule has 0 spiro atoms. The highest BCUT2D eigenvalue weighted by atomic mass is 35.5. The molecule has 3 aromatic heterocycles. The number of halogens is 1. The van der Waals surface area contributed by atoms with Crippen LogP contribution in [0.15, 0.2) is 42.6 Å². The van der Waals surface area contributed by atoms with Gasteiger partial charge in [-0.3, -0.25) is 19.4 Å². The number of ether oxygens (including phenoxy) is 1. The van der Waals surface area contributed by atoms with Crippen molar-refractivity contribution in [3.8, 4) is 5.75 Å². The largest absolute Gasteiger partial charge is 0.494 e. The van der Waals surface area contributed by atoms with Gasteiger partial charge in [-0.15, -0.1) is 0 Å². The van der Waals surface area contributed by atoms with Gasteiger partial charge in [0.15, 0.2) is 10.8 Å². The molecule has 160 valence electrons. The molecule has 1 aromatic carbocycles. The third-order valence-electron chi connectivity index (χ3n) is 4.82. The molecular formula is C22H22ClN5O2S. The summed E-state index contributed by atoms with van der Waals surface area (Å²) in [4.78, 5) is 24.3. The van der Waals surface area contributed by atoms with Gasteiger partial charge >= 0.3 is 0 Å². The van der Waals surface area contributed by atoms with Crippen molar-refractivity contribution in [3.05, 3.63) is 64.7 Å². The topological polar surface area (TPSA) is 73.1 Å². The second-order valence-electron chi connectivity index (χ2n) is 7.35. The normalized spacial score (nSPS) is 11.3. The average molecular weight is 456 g/mol. The van der Waals surface area contributed by atoms with Crippen molar-refractivity contribution in [2.45, 2.75) is 33.4 Å². The molecule has 4 aromatic rings. The van der Waals surface area contributed by atoms with Gasteiger partial charge in [-0.2, -0.15) is 5.10 Å². The lowest BCUT2D eigenvalue weighted by atomic mass is 10.3. The van der Waals surface area contributed by atoms with E-state index in [4.69, 9.17) is 21.3 Å². The van der Waals surface area contributed by atoms with E-state index in [2.05, 4.69) is 10.1 Å². The minimum absolute atomic E-state index is 0.149. The number of pyridine rings is 1. The summed E-state index contributed by atoms with van der Waals surface area (Å²) >= 11 is 7.74.